The van der Waals surface area contributed by atoms with E-state index in [9.17, 15) is 18.0 Å². The number of likely N-dealkylation sites (N-methyl/N-ethyl adjacent to an activating group) is 1. The van der Waals surface area contributed by atoms with Crippen molar-refractivity contribution in [3.05, 3.63) is 52.5 Å². The zero-order valence-corrected chi connectivity index (χ0v) is 25.5. The lowest BCUT2D eigenvalue weighted by atomic mass is 9.69. The fourth-order valence-corrected chi connectivity index (χ4v) is 7.62. The van der Waals surface area contributed by atoms with E-state index in [0.29, 0.717) is 42.8 Å². The number of carbonyl (C=O) groups excluding carboxylic acids is 1. The minimum atomic E-state index is -4.13. The van der Waals surface area contributed by atoms with Gasteiger partial charge in [0, 0.05) is 23.5 Å². The summed E-state index contributed by atoms with van der Waals surface area (Å²) in [7, 11) is -2.55. The first-order valence-corrected chi connectivity index (χ1v) is 16.2. The van der Waals surface area contributed by atoms with Gasteiger partial charge in [-0.05, 0) is 99.4 Å². The maximum Gasteiger partial charge on any atom is 0.329 e. The first-order valence-electron chi connectivity index (χ1n) is 14.4. The third-order valence-electron chi connectivity index (χ3n) is 8.97. The Bertz CT molecular complexity index is 1450. The van der Waals surface area contributed by atoms with Gasteiger partial charge >= 0.3 is 5.97 Å². The van der Waals surface area contributed by atoms with Gasteiger partial charge in [-0.3, -0.25) is 4.79 Å². The van der Waals surface area contributed by atoms with Gasteiger partial charge in [-0.25, -0.2) is 17.9 Å². The number of carboxylic acids is 1. The van der Waals surface area contributed by atoms with Crippen LogP contribution >= 0.6 is 11.6 Å². The summed E-state index contributed by atoms with van der Waals surface area (Å²) in [5.74, 6) is -0.603. The van der Waals surface area contributed by atoms with Crippen LogP contribution in [0.3, 0.4) is 0 Å². The lowest BCUT2D eigenvalue weighted by Gasteiger charge is -2.44. The number of aryl methyl sites for hydroxylation is 1. The van der Waals surface area contributed by atoms with Crippen LogP contribution in [0.4, 0.5) is 5.69 Å². The predicted octanol–water partition coefficient (Wildman–Crippen LogP) is 3.35. The molecule has 0 saturated heterocycles. The van der Waals surface area contributed by atoms with Crippen molar-refractivity contribution in [1.29, 1.82) is 0 Å². The largest absolute Gasteiger partial charge is 0.490 e. The lowest BCUT2D eigenvalue weighted by Crippen LogP contribution is -2.48. The summed E-state index contributed by atoms with van der Waals surface area (Å²) in [5, 5.41) is 12.4. The molecule has 4 atom stereocenters. The van der Waals surface area contributed by atoms with Gasteiger partial charge in [-0.2, -0.15) is 0 Å². The molecule has 1 fully saturated rings. The Morgan fingerprint density at radius 2 is 2.00 bits per heavy atom. The molecular formula is C30H38ClN3O7S. The Hall–Kier alpha value is -2.86. The van der Waals surface area contributed by atoms with Crippen LogP contribution < -0.4 is 19.7 Å². The number of carbonyl (C=O) groups is 2. The number of hydrogen-bond donors (Lipinski definition) is 3. The molecule has 3 aliphatic rings. The number of carboxylic acid groups (broad SMARTS) is 1. The van der Waals surface area contributed by atoms with Crippen molar-refractivity contribution in [3.63, 3.8) is 0 Å². The summed E-state index contributed by atoms with van der Waals surface area (Å²) >= 11 is 6.35. The number of hydrogen-bond acceptors (Lipinski definition) is 8. The summed E-state index contributed by atoms with van der Waals surface area (Å²) < 4.78 is 40.6. The van der Waals surface area contributed by atoms with Gasteiger partial charge in [-0.1, -0.05) is 17.7 Å². The number of sulfonamides is 1. The second-order valence-corrected chi connectivity index (χ2v) is 13.8. The van der Waals surface area contributed by atoms with Crippen molar-refractivity contribution in [2.75, 3.05) is 44.9 Å². The van der Waals surface area contributed by atoms with E-state index in [1.807, 2.05) is 12.1 Å². The summed E-state index contributed by atoms with van der Waals surface area (Å²) in [6.07, 6.45) is 4.72. The van der Waals surface area contributed by atoms with Crippen molar-refractivity contribution < 1.29 is 32.6 Å². The predicted molar refractivity (Wildman–Crippen MR) is 159 cm³/mol. The molecule has 2 aliphatic carbocycles. The van der Waals surface area contributed by atoms with E-state index in [0.717, 1.165) is 32.1 Å². The molecule has 1 unspecified atom stereocenters. The number of nitrogens with one attached hydrogen (secondary N) is 2. The number of amides is 1. The highest BCUT2D eigenvalue weighted by atomic mass is 35.5. The van der Waals surface area contributed by atoms with Gasteiger partial charge in [0.2, 0.25) is 0 Å². The number of nitrogens with zero attached hydrogens (tertiary/aromatic N) is 1. The smallest absolute Gasteiger partial charge is 0.329 e. The molecule has 2 aromatic rings. The second-order valence-electron chi connectivity index (χ2n) is 11.7. The maximum atomic E-state index is 13.3. The van der Waals surface area contributed by atoms with Crippen molar-refractivity contribution >= 4 is 39.2 Å². The topological polar surface area (TPSA) is 134 Å². The molecule has 12 heteroatoms. The average molecular weight is 620 g/mol. The highest BCUT2D eigenvalue weighted by Gasteiger charge is 2.43. The Kier molecular flexibility index (Phi) is 9.03. The highest BCUT2D eigenvalue weighted by molar-refractivity contribution is 7.90. The highest BCUT2D eigenvalue weighted by Crippen LogP contribution is 2.46. The molecule has 0 bridgehead atoms. The van der Waals surface area contributed by atoms with E-state index in [1.165, 1.54) is 17.2 Å². The molecule has 1 heterocycles. The van der Waals surface area contributed by atoms with E-state index in [-0.39, 0.29) is 28.8 Å². The van der Waals surface area contributed by atoms with Crippen LogP contribution in [0, 0.1) is 11.8 Å². The molecule has 1 aliphatic heterocycles. The molecule has 10 nitrogen and oxygen atoms in total. The van der Waals surface area contributed by atoms with E-state index in [1.54, 1.807) is 26.1 Å². The number of rotatable bonds is 10. The van der Waals surface area contributed by atoms with Gasteiger partial charge < -0.3 is 24.8 Å². The number of halogens is 1. The molecule has 1 saturated carbocycles. The van der Waals surface area contributed by atoms with Gasteiger partial charge in [0.05, 0.1) is 29.8 Å². The maximum absolute atomic E-state index is 13.3. The fraction of sp³-hybridized carbons (Fsp3) is 0.533. The monoisotopic (exact) mass is 619 g/mol. The number of ether oxygens (including phenoxy) is 2. The van der Waals surface area contributed by atoms with Crippen molar-refractivity contribution in [3.8, 4) is 5.75 Å². The van der Waals surface area contributed by atoms with Crippen LogP contribution in [-0.4, -0.2) is 71.4 Å². The normalized spacial score (nSPS) is 24.0. The summed E-state index contributed by atoms with van der Waals surface area (Å²) in [6.45, 7) is 3.30. The quantitative estimate of drug-likeness (QED) is 0.366. The van der Waals surface area contributed by atoms with E-state index < -0.39 is 27.9 Å². The van der Waals surface area contributed by atoms with Gasteiger partial charge in [0.1, 0.15) is 12.4 Å². The first-order chi connectivity index (χ1) is 20.0. The Morgan fingerprint density at radius 3 is 2.71 bits per heavy atom. The van der Waals surface area contributed by atoms with E-state index in [4.69, 9.17) is 26.2 Å². The summed E-state index contributed by atoms with van der Waals surface area (Å²) in [6, 6.07) is 10.1. The Morgan fingerprint density at radius 1 is 1.21 bits per heavy atom. The zero-order chi connectivity index (χ0) is 30.1. The molecule has 0 aromatic heterocycles. The fourth-order valence-electron chi connectivity index (χ4n) is 6.35. The number of aliphatic carboxylic acids is 1. The molecule has 2 aromatic carbocycles. The first kappa shape index (κ1) is 30.6. The van der Waals surface area contributed by atoms with E-state index >= 15 is 0 Å². The molecule has 5 rings (SSSR count). The van der Waals surface area contributed by atoms with Gasteiger partial charge in [-0.15, -0.1) is 0 Å². The number of anilines is 1. The average Bonchev–Trinajstić information content (AvgIpc) is 3.09. The van der Waals surface area contributed by atoms with E-state index in [2.05, 4.69) is 21.0 Å². The third-order valence-corrected chi connectivity index (χ3v) is 10.5. The second kappa shape index (κ2) is 12.4. The molecular weight excluding hydrogens is 582 g/mol. The summed E-state index contributed by atoms with van der Waals surface area (Å²) in [5.41, 5.74) is 2.73. The van der Waals surface area contributed by atoms with Crippen molar-refractivity contribution in [1.82, 2.24) is 10.0 Å². The standard InChI is InChI=1S/C30H38ClN3O7S/c1-19(32-2)29(37)33-42(38,39)24-8-10-27-26(13-24)34(14-21-5-6-22(21)15-40-16-28(35)36)17-30(18-41-27)11-3-4-20-12-23(31)7-9-25(20)30/h7-10,12-13,19,21-22,32H,3-6,11,14-18H2,1-2H3,(H,33,37)(H,35,36)/t19?,21-,22-,30-/m0/s1. The van der Waals surface area contributed by atoms with Crippen LogP contribution in [0.25, 0.3) is 0 Å². The van der Waals surface area contributed by atoms with Crippen LogP contribution in [0.1, 0.15) is 43.7 Å². The van der Waals surface area contributed by atoms with Crippen LogP contribution in [0.2, 0.25) is 5.02 Å². The van der Waals surface area contributed by atoms with Crippen molar-refractivity contribution in [2.45, 2.75) is 55.4 Å². The minimum absolute atomic E-state index is 0.0202. The Balaban J connectivity index is 1.49. The summed E-state index contributed by atoms with van der Waals surface area (Å²) in [4.78, 5) is 25.6. The number of fused-ring (bicyclic) bond motifs is 3. The van der Waals surface area contributed by atoms with Gasteiger partial charge in [0.25, 0.3) is 15.9 Å². The lowest BCUT2D eigenvalue weighted by molar-refractivity contribution is -0.143. The third kappa shape index (κ3) is 6.39. The molecule has 228 valence electrons. The van der Waals surface area contributed by atoms with Crippen LogP contribution in [0.15, 0.2) is 41.3 Å². The van der Waals surface area contributed by atoms with Gasteiger partial charge in [0.15, 0.2) is 0 Å². The van der Waals surface area contributed by atoms with Crippen molar-refractivity contribution in [2.24, 2.45) is 11.8 Å². The molecule has 42 heavy (non-hydrogen) atoms. The minimum Gasteiger partial charge on any atom is -0.490 e. The zero-order valence-electron chi connectivity index (χ0n) is 23.9. The van der Waals surface area contributed by atoms with Crippen LogP contribution in [0.5, 0.6) is 5.75 Å². The molecule has 3 N–H and O–H groups in total. The molecule has 1 spiro atoms. The molecule has 1 amide bonds. The number of benzene rings is 2. The van der Waals surface area contributed by atoms with Crippen LogP contribution in [-0.2, 0) is 36.2 Å². The molecule has 0 radical (unpaired) electrons. The SMILES string of the molecule is CNC(C)C(=O)NS(=O)(=O)c1ccc2c(c1)N(C[C@@H]1CC[C@H]1COCC(=O)O)C[C@@]1(CCCc3cc(Cl)ccc31)CO2. The Labute approximate surface area is 251 Å².